The first kappa shape index (κ1) is 12.0. The second kappa shape index (κ2) is 5.75. The number of nitrogens with two attached hydrogens (primary N) is 1. The van der Waals surface area contributed by atoms with E-state index in [0.29, 0.717) is 6.42 Å². The average molecular weight is 221 g/mol. The van der Waals surface area contributed by atoms with Gasteiger partial charge >= 0.3 is 6.09 Å². The van der Waals surface area contributed by atoms with Crippen molar-refractivity contribution in [3.05, 3.63) is 35.4 Å². The topological polar surface area (TPSA) is 76.7 Å². The maximum Gasteiger partial charge on any atom is 0.433 e. The van der Waals surface area contributed by atoms with Crippen molar-refractivity contribution in [2.45, 2.75) is 13.3 Å². The summed E-state index contributed by atoms with van der Waals surface area (Å²) in [6.07, 6.45) is -0.170. The Bertz CT molecular complexity index is 402. The zero-order valence-electron chi connectivity index (χ0n) is 9.36. The highest BCUT2D eigenvalue weighted by Crippen LogP contribution is 2.07. The van der Waals surface area contributed by atoms with Gasteiger partial charge in [0.25, 0.3) is 0 Å². The van der Waals surface area contributed by atoms with Crippen LogP contribution in [0.3, 0.4) is 0 Å². The van der Waals surface area contributed by atoms with Crippen LogP contribution in [-0.2, 0) is 11.3 Å². The molecule has 0 saturated carbocycles. The monoisotopic (exact) mass is 221 g/mol. The number of hydrogen-bond acceptors (Lipinski definition) is 3. The van der Waals surface area contributed by atoms with E-state index in [1.165, 1.54) is 7.05 Å². The van der Waals surface area contributed by atoms with Crippen molar-refractivity contribution < 1.29 is 9.63 Å². The molecule has 0 unspecified atom stereocenters. The van der Waals surface area contributed by atoms with Crippen LogP contribution < -0.4 is 11.1 Å². The number of amidine groups is 1. The molecule has 0 fully saturated rings. The van der Waals surface area contributed by atoms with E-state index in [2.05, 4.69) is 15.3 Å². The molecule has 5 nitrogen and oxygen atoms in total. The van der Waals surface area contributed by atoms with E-state index in [0.717, 1.165) is 11.1 Å². The van der Waals surface area contributed by atoms with Gasteiger partial charge in [0.2, 0.25) is 0 Å². The molecule has 0 atom stereocenters. The fraction of sp³-hybridized carbons (Fsp3) is 0.273. The van der Waals surface area contributed by atoms with E-state index in [4.69, 9.17) is 5.73 Å². The molecule has 0 aliphatic heterocycles. The first-order chi connectivity index (χ1) is 7.63. The highest BCUT2D eigenvalue weighted by atomic mass is 16.7. The van der Waals surface area contributed by atoms with Crippen LogP contribution >= 0.6 is 0 Å². The standard InChI is InChI=1S/C11H15N3O2/c1-8-5-3-4-6-9(8)7-10(12)14-16-11(15)13-2/h3-6H,7H2,1-2H3,(H2,12,14)(H,13,15). The molecule has 1 aromatic carbocycles. The SMILES string of the molecule is CNC(=O)O/N=C(\N)Cc1ccccc1C. The quantitative estimate of drug-likeness (QED) is 0.348. The first-order valence-corrected chi connectivity index (χ1v) is 4.89. The highest BCUT2D eigenvalue weighted by molar-refractivity contribution is 5.83. The Morgan fingerprint density at radius 2 is 2.19 bits per heavy atom. The van der Waals surface area contributed by atoms with E-state index in [-0.39, 0.29) is 5.84 Å². The molecular formula is C11H15N3O2. The maximum absolute atomic E-state index is 10.7. The highest BCUT2D eigenvalue weighted by Gasteiger charge is 2.02. The number of amides is 1. The predicted octanol–water partition coefficient (Wildman–Crippen LogP) is 1.17. The Kier molecular flexibility index (Phi) is 4.32. The van der Waals surface area contributed by atoms with Gasteiger partial charge in [0, 0.05) is 13.5 Å². The summed E-state index contributed by atoms with van der Waals surface area (Å²) in [7, 11) is 1.45. The molecule has 0 bridgehead atoms. The molecular weight excluding hydrogens is 206 g/mol. The van der Waals surface area contributed by atoms with E-state index < -0.39 is 6.09 Å². The number of nitrogens with zero attached hydrogens (tertiary/aromatic N) is 1. The summed E-state index contributed by atoms with van der Waals surface area (Å²) in [4.78, 5) is 15.2. The summed E-state index contributed by atoms with van der Waals surface area (Å²) >= 11 is 0. The molecule has 0 aliphatic rings. The molecule has 16 heavy (non-hydrogen) atoms. The minimum Gasteiger partial charge on any atom is -0.384 e. The molecule has 0 aromatic heterocycles. The third-order valence-electron chi connectivity index (χ3n) is 2.08. The van der Waals surface area contributed by atoms with Gasteiger partial charge in [-0.15, -0.1) is 0 Å². The molecule has 1 rings (SSSR count). The summed E-state index contributed by atoms with van der Waals surface area (Å²) in [5.74, 6) is 0.262. The van der Waals surface area contributed by atoms with Crippen molar-refractivity contribution in [3.63, 3.8) is 0 Å². The zero-order chi connectivity index (χ0) is 12.0. The van der Waals surface area contributed by atoms with Crippen LogP contribution in [0.2, 0.25) is 0 Å². The average Bonchev–Trinajstić information content (AvgIpc) is 2.29. The lowest BCUT2D eigenvalue weighted by Crippen LogP contribution is -2.21. The van der Waals surface area contributed by atoms with E-state index in [1.807, 2.05) is 31.2 Å². The van der Waals surface area contributed by atoms with Crippen LogP contribution in [-0.4, -0.2) is 19.0 Å². The molecule has 1 amide bonds. The largest absolute Gasteiger partial charge is 0.433 e. The number of benzene rings is 1. The maximum atomic E-state index is 10.7. The smallest absolute Gasteiger partial charge is 0.384 e. The molecule has 1 aromatic rings. The van der Waals surface area contributed by atoms with E-state index in [9.17, 15) is 4.79 Å². The van der Waals surface area contributed by atoms with Crippen LogP contribution in [0.25, 0.3) is 0 Å². The summed E-state index contributed by atoms with van der Waals surface area (Å²) in [5.41, 5.74) is 7.81. The third-order valence-corrected chi connectivity index (χ3v) is 2.08. The summed E-state index contributed by atoms with van der Waals surface area (Å²) < 4.78 is 0. The summed E-state index contributed by atoms with van der Waals surface area (Å²) in [6.45, 7) is 1.99. The number of carbonyl (C=O) groups is 1. The van der Waals surface area contributed by atoms with Gasteiger partial charge in [0.05, 0.1) is 0 Å². The van der Waals surface area contributed by atoms with E-state index in [1.54, 1.807) is 0 Å². The third kappa shape index (κ3) is 3.61. The van der Waals surface area contributed by atoms with Crippen LogP contribution in [0.5, 0.6) is 0 Å². The van der Waals surface area contributed by atoms with Gasteiger partial charge in [-0.2, -0.15) is 0 Å². The van der Waals surface area contributed by atoms with Crippen molar-refractivity contribution in [1.82, 2.24) is 5.32 Å². The van der Waals surface area contributed by atoms with Crippen LogP contribution in [0, 0.1) is 6.92 Å². The van der Waals surface area contributed by atoms with E-state index >= 15 is 0 Å². The van der Waals surface area contributed by atoms with Gasteiger partial charge in [-0.1, -0.05) is 29.4 Å². The number of oxime groups is 1. The Hall–Kier alpha value is -2.04. The molecule has 0 saturated heterocycles. The van der Waals surface area contributed by atoms with Crippen molar-refractivity contribution in [1.29, 1.82) is 0 Å². The molecule has 3 N–H and O–H groups in total. The van der Waals surface area contributed by atoms with Gasteiger partial charge in [-0.05, 0) is 18.1 Å². The minimum absolute atomic E-state index is 0.262. The normalized spacial score (nSPS) is 11.0. The number of aryl methyl sites for hydroxylation is 1. The minimum atomic E-state index is -0.632. The molecule has 0 radical (unpaired) electrons. The van der Waals surface area contributed by atoms with Crippen LogP contribution in [0.1, 0.15) is 11.1 Å². The Morgan fingerprint density at radius 3 is 2.81 bits per heavy atom. The van der Waals surface area contributed by atoms with Crippen molar-refractivity contribution in [2.24, 2.45) is 10.9 Å². The lowest BCUT2D eigenvalue weighted by atomic mass is 10.1. The second-order valence-electron chi connectivity index (χ2n) is 3.31. The number of nitrogens with one attached hydrogen (secondary N) is 1. The fourth-order valence-electron chi connectivity index (χ4n) is 1.18. The van der Waals surface area contributed by atoms with Gasteiger partial charge in [0.15, 0.2) is 0 Å². The Balaban J connectivity index is 2.61. The number of rotatable bonds is 3. The molecule has 0 aliphatic carbocycles. The molecule has 0 heterocycles. The number of carbonyl (C=O) groups excluding carboxylic acids is 1. The Morgan fingerprint density at radius 1 is 1.50 bits per heavy atom. The summed E-state index contributed by atoms with van der Waals surface area (Å²) in [6, 6.07) is 7.82. The Labute approximate surface area is 94.3 Å². The zero-order valence-corrected chi connectivity index (χ0v) is 9.36. The molecule has 86 valence electrons. The molecule has 5 heteroatoms. The van der Waals surface area contributed by atoms with Crippen LogP contribution in [0.15, 0.2) is 29.4 Å². The number of hydrogen-bond donors (Lipinski definition) is 2. The van der Waals surface area contributed by atoms with Gasteiger partial charge < -0.3 is 11.1 Å². The van der Waals surface area contributed by atoms with Crippen molar-refractivity contribution in [3.8, 4) is 0 Å². The van der Waals surface area contributed by atoms with Gasteiger partial charge in [-0.25, -0.2) is 4.79 Å². The second-order valence-corrected chi connectivity index (χ2v) is 3.31. The van der Waals surface area contributed by atoms with Gasteiger partial charge in [0.1, 0.15) is 5.84 Å². The first-order valence-electron chi connectivity index (χ1n) is 4.89. The van der Waals surface area contributed by atoms with Gasteiger partial charge in [-0.3, -0.25) is 4.84 Å². The summed E-state index contributed by atoms with van der Waals surface area (Å²) in [5, 5.41) is 5.79. The van der Waals surface area contributed by atoms with Crippen molar-refractivity contribution >= 4 is 11.9 Å². The molecule has 0 spiro atoms. The lowest BCUT2D eigenvalue weighted by Gasteiger charge is -2.04. The fourth-order valence-corrected chi connectivity index (χ4v) is 1.18. The van der Waals surface area contributed by atoms with Crippen molar-refractivity contribution in [2.75, 3.05) is 7.05 Å². The van der Waals surface area contributed by atoms with Crippen LogP contribution in [0.4, 0.5) is 4.79 Å². The lowest BCUT2D eigenvalue weighted by molar-refractivity contribution is 0.152. The predicted molar refractivity (Wildman–Crippen MR) is 62.0 cm³/mol.